The predicted octanol–water partition coefficient (Wildman–Crippen LogP) is 2.71. The van der Waals surface area contributed by atoms with Gasteiger partial charge in [0.05, 0.1) is 28.5 Å². The second-order valence-corrected chi connectivity index (χ2v) is 6.48. The molecule has 0 bridgehead atoms. The van der Waals surface area contributed by atoms with E-state index in [2.05, 4.69) is 5.32 Å². The second kappa shape index (κ2) is 5.85. The van der Waals surface area contributed by atoms with Gasteiger partial charge in [-0.25, -0.2) is 4.79 Å². The van der Waals surface area contributed by atoms with E-state index in [9.17, 15) is 22.8 Å². The fourth-order valence-electron chi connectivity index (χ4n) is 3.42. The van der Waals surface area contributed by atoms with Crippen LogP contribution in [0.25, 0.3) is 0 Å². The average molecular weight is 386 g/mol. The lowest BCUT2D eigenvalue weighted by molar-refractivity contribution is -0.137. The van der Waals surface area contributed by atoms with Crippen molar-refractivity contribution in [1.29, 1.82) is 0 Å². The van der Waals surface area contributed by atoms with E-state index in [4.69, 9.17) is 21.1 Å². The summed E-state index contributed by atoms with van der Waals surface area (Å²) in [6.07, 6.45) is -4.66. The Morgan fingerprint density at radius 3 is 2.54 bits per heavy atom. The number of halogens is 4. The number of dihydropyridines is 1. The number of esters is 1. The minimum Gasteiger partial charge on any atom is -0.456 e. The summed E-state index contributed by atoms with van der Waals surface area (Å²) < 4.78 is 50.0. The van der Waals surface area contributed by atoms with Gasteiger partial charge in [0.15, 0.2) is 5.78 Å². The zero-order chi connectivity index (χ0) is 18.6. The summed E-state index contributed by atoms with van der Waals surface area (Å²) >= 11 is 5.69. The van der Waals surface area contributed by atoms with Crippen LogP contribution >= 0.6 is 11.6 Å². The van der Waals surface area contributed by atoms with Gasteiger partial charge in [0.25, 0.3) is 0 Å². The number of rotatable bonds is 1. The Hall–Kier alpha value is -2.32. The van der Waals surface area contributed by atoms with Gasteiger partial charge < -0.3 is 14.8 Å². The molecule has 1 aromatic carbocycles. The molecule has 1 N–H and O–H groups in total. The molecule has 0 saturated carbocycles. The summed E-state index contributed by atoms with van der Waals surface area (Å²) in [5.41, 5.74) is 0.369. The van der Waals surface area contributed by atoms with Crippen LogP contribution in [0.4, 0.5) is 13.2 Å². The Kier molecular flexibility index (Phi) is 3.85. The first kappa shape index (κ1) is 17.1. The smallest absolute Gasteiger partial charge is 0.417 e. The minimum atomic E-state index is -4.66. The van der Waals surface area contributed by atoms with Crippen molar-refractivity contribution in [3.63, 3.8) is 0 Å². The van der Waals surface area contributed by atoms with E-state index in [1.54, 1.807) is 0 Å². The summed E-state index contributed by atoms with van der Waals surface area (Å²) in [7, 11) is 0. The molecule has 0 fully saturated rings. The highest BCUT2D eigenvalue weighted by Gasteiger charge is 2.44. The maximum Gasteiger partial charge on any atom is 0.417 e. The monoisotopic (exact) mass is 385 g/mol. The minimum absolute atomic E-state index is 0.0324. The van der Waals surface area contributed by atoms with Gasteiger partial charge in [0.1, 0.15) is 13.2 Å². The van der Waals surface area contributed by atoms with E-state index in [1.165, 1.54) is 6.07 Å². The van der Waals surface area contributed by atoms with E-state index in [0.29, 0.717) is 11.4 Å². The first-order chi connectivity index (χ1) is 12.3. The zero-order valence-electron chi connectivity index (χ0n) is 13.1. The molecule has 9 heteroatoms. The molecule has 1 aromatic rings. The number of hydrogen-bond acceptors (Lipinski definition) is 5. The number of alkyl halides is 3. The molecule has 3 aliphatic rings. The van der Waals surface area contributed by atoms with E-state index >= 15 is 0 Å². The third-order valence-electron chi connectivity index (χ3n) is 4.51. The molecule has 0 aromatic heterocycles. The highest BCUT2D eigenvalue weighted by atomic mass is 35.5. The van der Waals surface area contributed by atoms with E-state index in [1.807, 2.05) is 0 Å². The van der Waals surface area contributed by atoms with Gasteiger partial charge in [-0.15, -0.1) is 0 Å². The molecule has 1 unspecified atom stereocenters. The molecule has 0 amide bonds. The molecule has 26 heavy (non-hydrogen) atoms. The van der Waals surface area contributed by atoms with Crippen molar-refractivity contribution in [1.82, 2.24) is 5.32 Å². The first-order valence-corrected chi connectivity index (χ1v) is 8.03. The van der Waals surface area contributed by atoms with Gasteiger partial charge in [0, 0.05) is 17.2 Å². The number of ketones is 1. The van der Waals surface area contributed by atoms with Gasteiger partial charge >= 0.3 is 12.1 Å². The van der Waals surface area contributed by atoms with Crippen LogP contribution in [0.2, 0.25) is 5.02 Å². The Balaban J connectivity index is 1.91. The number of ether oxygens (including phenoxy) is 2. The Labute approximate surface area is 150 Å². The molecule has 3 aliphatic heterocycles. The fraction of sp³-hybridized carbons (Fsp3) is 0.294. The Morgan fingerprint density at radius 2 is 1.81 bits per heavy atom. The summed E-state index contributed by atoms with van der Waals surface area (Å²) in [5.74, 6) is -2.00. The number of Topliss-reactive ketones (excluding diaryl/α,β-unsaturated/α-hetero) is 1. The lowest BCUT2D eigenvalue weighted by Gasteiger charge is -2.32. The molecule has 0 saturated heterocycles. The maximum absolute atomic E-state index is 13.3. The van der Waals surface area contributed by atoms with E-state index < -0.39 is 34.4 Å². The fourth-order valence-corrected chi connectivity index (χ4v) is 3.64. The summed E-state index contributed by atoms with van der Waals surface area (Å²) in [6, 6.07) is 3.38. The zero-order valence-corrected chi connectivity index (χ0v) is 13.8. The molecule has 136 valence electrons. The number of carbonyl (C=O) groups excluding carboxylic acids is 2. The van der Waals surface area contributed by atoms with Crippen LogP contribution in [-0.4, -0.2) is 31.6 Å². The molecule has 4 rings (SSSR count). The van der Waals surface area contributed by atoms with Crippen molar-refractivity contribution in [3.05, 3.63) is 56.9 Å². The van der Waals surface area contributed by atoms with Crippen molar-refractivity contribution in [2.24, 2.45) is 0 Å². The molecule has 0 aliphatic carbocycles. The lowest BCUT2D eigenvalue weighted by atomic mass is 9.78. The van der Waals surface area contributed by atoms with Gasteiger partial charge in [-0.05, 0) is 17.7 Å². The van der Waals surface area contributed by atoms with Crippen molar-refractivity contribution in [2.45, 2.75) is 12.1 Å². The summed E-state index contributed by atoms with van der Waals surface area (Å²) in [4.78, 5) is 24.6. The SMILES string of the molecule is O=C1COCC2=C1C(c1ccc(Cl)c(C(F)(F)F)c1)C1=C(COC1=O)N2. The first-order valence-electron chi connectivity index (χ1n) is 7.65. The van der Waals surface area contributed by atoms with Gasteiger partial charge in [-0.2, -0.15) is 13.2 Å². The molecular formula is C17H11ClF3NO4. The highest BCUT2D eigenvalue weighted by molar-refractivity contribution is 6.31. The van der Waals surface area contributed by atoms with E-state index in [-0.39, 0.29) is 36.5 Å². The third kappa shape index (κ3) is 2.60. The van der Waals surface area contributed by atoms with Crippen LogP contribution in [0.3, 0.4) is 0 Å². The van der Waals surface area contributed by atoms with Crippen LogP contribution in [0.5, 0.6) is 0 Å². The second-order valence-electron chi connectivity index (χ2n) is 6.07. The number of hydrogen-bond donors (Lipinski definition) is 1. The molecule has 0 radical (unpaired) electrons. The van der Waals surface area contributed by atoms with Gasteiger partial charge in [-0.3, -0.25) is 4.79 Å². The quantitative estimate of drug-likeness (QED) is 0.753. The van der Waals surface area contributed by atoms with Crippen LogP contribution in [-0.2, 0) is 25.2 Å². The van der Waals surface area contributed by atoms with Crippen LogP contribution in [0.15, 0.2) is 40.7 Å². The van der Waals surface area contributed by atoms with Gasteiger partial charge in [0.2, 0.25) is 0 Å². The predicted molar refractivity (Wildman–Crippen MR) is 83.2 cm³/mol. The largest absolute Gasteiger partial charge is 0.456 e. The van der Waals surface area contributed by atoms with Crippen LogP contribution in [0.1, 0.15) is 17.0 Å². The van der Waals surface area contributed by atoms with E-state index in [0.717, 1.165) is 12.1 Å². The third-order valence-corrected chi connectivity index (χ3v) is 4.84. The molecular weight excluding hydrogens is 375 g/mol. The molecule has 0 spiro atoms. The number of cyclic esters (lactones) is 1. The number of benzene rings is 1. The van der Waals surface area contributed by atoms with Crippen molar-refractivity contribution in [2.75, 3.05) is 19.8 Å². The molecule has 1 atom stereocenters. The van der Waals surface area contributed by atoms with Crippen LogP contribution < -0.4 is 5.32 Å². The van der Waals surface area contributed by atoms with Gasteiger partial charge in [-0.1, -0.05) is 17.7 Å². The normalized spacial score (nSPS) is 22.8. The van der Waals surface area contributed by atoms with Crippen molar-refractivity contribution < 1.29 is 32.2 Å². The lowest BCUT2D eigenvalue weighted by Crippen LogP contribution is -2.37. The van der Waals surface area contributed by atoms with Crippen molar-refractivity contribution in [3.8, 4) is 0 Å². The Bertz CT molecular complexity index is 904. The van der Waals surface area contributed by atoms with Crippen LogP contribution in [0, 0.1) is 0 Å². The molecule has 5 nitrogen and oxygen atoms in total. The standard InChI is InChI=1S/C17H11ClF3NO4/c18-9-2-1-7(3-8(9)17(19,20)21)13-14-10(4-25-6-12(14)23)22-11-5-26-16(24)15(11)13/h1-3,13,22H,4-6H2. The average Bonchev–Trinajstić information content (AvgIpc) is 2.94. The summed E-state index contributed by atoms with van der Waals surface area (Å²) in [6.45, 7) is -0.133. The number of carbonyl (C=O) groups is 2. The highest BCUT2D eigenvalue weighted by Crippen LogP contribution is 2.44. The van der Waals surface area contributed by atoms with Crippen molar-refractivity contribution >= 4 is 23.4 Å². The number of nitrogens with one attached hydrogen (secondary N) is 1. The molecule has 3 heterocycles. The Morgan fingerprint density at radius 1 is 1.08 bits per heavy atom. The summed E-state index contributed by atoms with van der Waals surface area (Å²) in [5, 5.41) is 2.50. The maximum atomic E-state index is 13.3. The topological polar surface area (TPSA) is 64.6 Å².